The zero-order chi connectivity index (χ0) is 44.4. The monoisotopic (exact) mass is 868 g/mol. The minimum Gasteiger partial charge on any atom is -0.445 e. The van der Waals surface area contributed by atoms with Gasteiger partial charge in [0.1, 0.15) is 36.8 Å². The molecule has 0 saturated carbocycles. The first-order valence-electron chi connectivity index (χ1n) is 20.7. The van der Waals surface area contributed by atoms with Crippen molar-refractivity contribution < 1.29 is 41.9 Å². The van der Waals surface area contributed by atoms with Crippen LogP contribution < -0.4 is 42.8 Å². The van der Waals surface area contributed by atoms with Gasteiger partial charge in [0.25, 0.3) is 10.0 Å². The number of fused-ring (bicyclic) bond motifs is 1. The van der Waals surface area contributed by atoms with E-state index in [-0.39, 0.29) is 62.8 Å². The smallest absolute Gasteiger partial charge is 0.407 e. The van der Waals surface area contributed by atoms with Crippen LogP contribution >= 0.6 is 0 Å². The van der Waals surface area contributed by atoms with Crippen molar-refractivity contribution in [2.45, 2.75) is 120 Å². The molecule has 2 aromatic rings. The third-order valence-corrected chi connectivity index (χ3v) is 11.7. The fraction of sp³-hybridized carbons (Fsp3) is 0.537. The fourth-order valence-electron chi connectivity index (χ4n) is 6.89. The summed E-state index contributed by atoms with van der Waals surface area (Å²) in [5, 5.41) is 13.6. The van der Waals surface area contributed by atoms with Gasteiger partial charge in [0, 0.05) is 19.6 Å². The summed E-state index contributed by atoms with van der Waals surface area (Å²) >= 11 is 0. The fourth-order valence-corrected chi connectivity index (χ4v) is 7.84. The molecule has 4 rings (SSSR count). The van der Waals surface area contributed by atoms with Gasteiger partial charge in [-0.05, 0) is 102 Å². The average Bonchev–Trinajstić information content (AvgIpc) is 3.73. The maximum atomic E-state index is 14.2. The van der Waals surface area contributed by atoms with E-state index in [1.165, 1.54) is 24.0 Å². The molecule has 2 saturated heterocycles. The number of ether oxygens (including phenoxy) is 1. The Kier molecular flexibility index (Phi) is 18.8. The molecule has 5 atom stereocenters. The summed E-state index contributed by atoms with van der Waals surface area (Å²) in [6.45, 7) is 4.20. The Labute approximate surface area is 357 Å². The minimum atomic E-state index is -4.00. The number of hydrogen-bond donors (Lipinski definition) is 8. The van der Waals surface area contributed by atoms with Crippen molar-refractivity contribution in [3.63, 3.8) is 0 Å². The number of sulfonamides is 1. The molecule has 20 heteroatoms. The van der Waals surface area contributed by atoms with Crippen LogP contribution in [0.2, 0.25) is 0 Å². The van der Waals surface area contributed by atoms with Gasteiger partial charge in [-0.2, -0.15) is 0 Å². The molecule has 334 valence electrons. The molecule has 0 radical (unpaired) electrons. The highest BCUT2D eigenvalue weighted by Crippen LogP contribution is 2.21. The number of nitrogens with two attached hydrogens (primary N) is 2. The van der Waals surface area contributed by atoms with Crippen LogP contribution in [0.4, 0.5) is 4.79 Å². The molecular weight excluding hydrogens is 809 g/mol. The molecule has 0 unspecified atom stereocenters. The summed E-state index contributed by atoms with van der Waals surface area (Å²) in [5.41, 5.74) is 13.4. The SMILES string of the molecule is Cc1ccc(S(=O)(=O)NC(N)=NCCC[C@@H]2NC(=O)[C@H](CCCCN)NC(=O)[C@H](CCCCNC(=O)OCc3ccccc3)NC(=O)[C@H](C)NC(=O)[C@@H]3CCCN3C2=O)cc1. The van der Waals surface area contributed by atoms with Gasteiger partial charge in [0.15, 0.2) is 0 Å². The average molecular weight is 869 g/mol. The Hall–Kier alpha value is -5.76. The van der Waals surface area contributed by atoms with E-state index in [1.54, 1.807) is 12.1 Å². The molecule has 6 amide bonds. The lowest BCUT2D eigenvalue weighted by molar-refractivity contribution is -0.142. The number of amides is 6. The van der Waals surface area contributed by atoms with Gasteiger partial charge in [-0.25, -0.2) is 17.9 Å². The lowest BCUT2D eigenvalue weighted by atomic mass is 10.0. The number of aliphatic imine (C=N–C) groups is 1. The molecule has 2 heterocycles. The van der Waals surface area contributed by atoms with Gasteiger partial charge in [-0.3, -0.25) is 29.0 Å². The number of guanidine groups is 1. The molecule has 2 fully saturated rings. The van der Waals surface area contributed by atoms with E-state index in [0.29, 0.717) is 45.1 Å². The maximum absolute atomic E-state index is 14.2. The number of carbonyl (C=O) groups excluding carboxylic acids is 6. The van der Waals surface area contributed by atoms with E-state index in [2.05, 4.69) is 36.3 Å². The van der Waals surface area contributed by atoms with E-state index in [9.17, 15) is 37.2 Å². The molecule has 61 heavy (non-hydrogen) atoms. The number of nitrogens with zero attached hydrogens (tertiary/aromatic N) is 2. The lowest BCUT2D eigenvalue weighted by Gasteiger charge is -2.30. The third-order valence-electron chi connectivity index (χ3n) is 10.3. The number of nitrogens with one attached hydrogen (secondary N) is 6. The summed E-state index contributed by atoms with van der Waals surface area (Å²) in [4.78, 5) is 86.8. The number of hydrogen-bond acceptors (Lipinski definition) is 11. The van der Waals surface area contributed by atoms with Crippen LogP contribution in [0.1, 0.15) is 82.3 Å². The summed E-state index contributed by atoms with van der Waals surface area (Å²) < 4.78 is 33.0. The molecule has 2 aromatic carbocycles. The van der Waals surface area contributed by atoms with Crippen LogP contribution in [0.25, 0.3) is 0 Å². The van der Waals surface area contributed by atoms with Gasteiger partial charge in [-0.1, -0.05) is 48.0 Å². The van der Waals surface area contributed by atoms with Crippen molar-refractivity contribution in [2.24, 2.45) is 16.5 Å². The first-order chi connectivity index (χ1) is 29.2. The van der Waals surface area contributed by atoms with Crippen molar-refractivity contribution in [3.8, 4) is 0 Å². The van der Waals surface area contributed by atoms with Crippen LogP contribution in [0.15, 0.2) is 64.5 Å². The van der Waals surface area contributed by atoms with Crippen molar-refractivity contribution in [1.82, 2.24) is 36.2 Å². The van der Waals surface area contributed by atoms with Crippen LogP contribution in [0, 0.1) is 6.92 Å². The standard InChI is InChI=1S/C41H60N10O9S/c1-27-18-20-30(21-19-27)61(58,59)50-40(43)44-24-10-16-33-39(56)51-25-11-17-34(51)38(55)46-28(2)35(52)47-31(36(53)48-32(37(54)49-33)14-6-8-22-42)15-7-9-23-45-41(57)60-26-29-12-4-3-5-13-29/h3-5,12-13,18-21,28,31-34H,6-11,14-17,22-26,42H2,1-2H3,(H,45,57)(H,46,55)(H,47,52)(H,48,53)(H,49,54)(H3,43,44,50)/t28-,31-,32-,33-,34-/m0/s1. The Morgan fingerprint density at radius 2 is 1.44 bits per heavy atom. The minimum absolute atomic E-state index is 0.00408. The van der Waals surface area contributed by atoms with Gasteiger partial charge in [0.05, 0.1) is 4.90 Å². The first kappa shape index (κ1) is 47.9. The summed E-state index contributed by atoms with van der Waals surface area (Å²) in [5.74, 6) is -3.38. The van der Waals surface area contributed by atoms with Gasteiger partial charge in [0.2, 0.25) is 35.5 Å². The molecule has 2 aliphatic heterocycles. The maximum Gasteiger partial charge on any atom is 0.407 e. The number of aryl methyl sites for hydroxylation is 1. The summed E-state index contributed by atoms with van der Waals surface area (Å²) in [6, 6.07) is 10.0. The summed E-state index contributed by atoms with van der Waals surface area (Å²) in [6.07, 6.45) is 2.59. The van der Waals surface area contributed by atoms with Gasteiger partial charge < -0.3 is 47.7 Å². The highest BCUT2D eigenvalue weighted by Gasteiger charge is 2.39. The van der Waals surface area contributed by atoms with E-state index in [1.807, 2.05) is 37.3 Å². The van der Waals surface area contributed by atoms with Crippen LogP contribution in [-0.2, 0) is 45.3 Å². The predicted octanol–water partition coefficient (Wildman–Crippen LogP) is 0.558. The van der Waals surface area contributed by atoms with Crippen molar-refractivity contribution in [3.05, 3.63) is 65.7 Å². The molecule has 2 aliphatic rings. The van der Waals surface area contributed by atoms with Crippen molar-refractivity contribution >= 4 is 51.6 Å². The summed E-state index contributed by atoms with van der Waals surface area (Å²) in [7, 11) is -4.00. The number of benzene rings is 2. The molecule has 0 aromatic heterocycles. The Morgan fingerprint density at radius 1 is 0.820 bits per heavy atom. The topological polar surface area (TPSA) is 286 Å². The molecule has 10 N–H and O–H groups in total. The lowest BCUT2D eigenvalue weighted by Crippen LogP contribution is -2.57. The molecule has 0 spiro atoms. The first-order valence-corrected chi connectivity index (χ1v) is 22.2. The molecular formula is C41H60N10O9S. The zero-order valence-electron chi connectivity index (χ0n) is 34.8. The molecule has 0 aliphatic carbocycles. The number of unbranched alkanes of at least 4 members (excludes halogenated alkanes) is 2. The number of carbonyl (C=O) groups is 6. The second kappa shape index (κ2) is 23.9. The third kappa shape index (κ3) is 15.3. The number of rotatable bonds is 17. The van der Waals surface area contributed by atoms with Gasteiger partial charge >= 0.3 is 6.09 Å². The van der Waals surface area contributed by atoms with E-state index >= 15 is 0 Å². The predicted molar refractivity (Wildman–Crippen MR) is 227 cm³/mol. The van der Waals surface area contributed by atoms with Crippen LogP contribution in [-0.4, -0.2) is 111 Å². The largest absolute Gasteiger partial charge is 0.445 e. The molecule has 19 nitrogen and oxygen atoms in total. The van der Waals surface area contributed by atoms with E-state index in [0.717, 1.165) is 11.1 Å². The Morgan fingerprint density at radius 3 is 2.11 bits per heavy atom. The molecule has 0 bridgehead atoms. The highest BCUT2D eigenvalue weighted by molar-refractivity contribution is 7.90. The second-order valence-electron chi connectivity index (χ2n) is 15.2. The highest BCUT2D eigenvalue weighted by atomic mass is 32.2. The van der Waals surface area contributed by atoms with Crippen LogP contribution in [0.3, 0.4) is 0 Å². The van der Waals surface area contributed by atoms with E-state index in [4.69, 9.17) is 16.2 Å². The van der Waals surface area contributed by atoms with Crippen LogP contribution in [0.5, 0.6) is 0 Å². The quantitative estimate of drug-likeness (QED) is 0.0618. The second-order valence-corrected chi connectivity index (χ2v) is 16.9. The zero-order valence-corrected chi connectivity index (χ0v) is 35.6. The normalized spacial score (nSPS) is 21.8. The van der Waals surface area contributed by atoms with Crippen molar-refractivity contribution in [2.75, 3.05) is 26.2 Å². The Balaban J connectivity index is 1.47. The number of alkyl carbamates (subject to hydrolysis) is 1. The van der Waals surface area contributed by atoms with Gasteiger partial charge in [-0.15, -0.1) is 0 Å². The van der Waals surface area contributed by atoms with E-state index < -0.39 is 75.9 Å². The van der Waals surface area contributed by atoms with Crippen molar-refractivity contribution in [1.29, 1.82) is 0 Å². The Bertz CT molecular complexity index is 1950.